The second-order valence-corrected chi connectivity index (χ2v) is 6.52. The zero-order valence-corrected chi connectivity index (χ0v) is 14.4. The van der Waals surface area contributed by atoms with Crippen LogP contribution in [0.5, 0.6) is 0 Å². The minimum absolute atomic E-state index is 0.413. The van der Waals surface area contributed by atoms with Gasteiger partial charge < -0.3 is 9.47 Å². The predicted octanol–water partition coefficient (Wildman–Crippen LogP) is 2.81. The van der Waals surface area contributed by atoms with E-state index in [0.29, 0.717) is 5.92 Å². The molecule has 1 atom stereocenters. The first-order chi connectivity index (χ1) is 12.3. The molecule has 1 fully saturated rings. The van der Waals surface area contributed by atoms with Crippen LogP contribution in [0.4, 0.5) is 5.82 Å². The van der Waals surface area contributed by atoms with Crippen molar-refractivity contribution in [1.82, 2.24) is 24.5 Å². The molecule has 6 heteroatoms. The van der Waals surface area contributed by atoms with Crippen LogP contribution in [-0.2, 0) is 6.54 Å². The average Bonchev–Trinajstić information content (AvgIpc) is 3.11. The monoisotopic (exact) mass is 334 g/mol. The summed E-state index contributed by atoms with van der Waals surface area (Å²) in [6.07, 6.45) is 11.8. The third-order valence-corrected chi connectivity index (χ3v) is 4.70. The van der Waals surface area contributed by atoms with Crippen molar-refractivity contribution in [2.24, 2.45) is 0 Å². The maximum Gasteiger partial charge on any atom is 0.132 e. The second kappa shape index (κ2) is 7.01. The zero-order valence-electron chi connectivity index (χ0n) is 14.4. The molecule has 1 saturated heterocycles. The molecule has 4 heterocycles. The number of hydrogen-bond acceptors (Lipinski definition) is 5. The van der Waals surface area contributed by atoms with E-state index in [9.17, 15) is 0 Å². The van der Waals surface area contributed by atoms with Gasteiger partial charge in [-0.15, -0.1) is 0 Å². The number of nitrogens with zero attached hydrogens (tertiary/aromatic N) is 6. The van der Waals surface area contributed by atoms with E-state index in [4.69, 9.17) is 0 Å². The van der Waals surface area contributed by atoms with Crippen molar-refractivity contribution >= 4 is 5.82 Å². The van der Waals surface area contributed by atoms with Gasteiger partial charge in [0.1, 0.15) is 17.5 Å². The Kier molecular flexibility index (Phi) is 4.41. The first-order valence-corrected chi connectivity index (χ1v) is 8.74. The van der Waals surface area contributed by atoms with E-state index in [-0.39, 0.29) is 0 Å². The van der Waals surface area contributed by atoms with Crippen LogP contribution in [0.1, 0.15) is 36.0 Å². The Hall–Kier alpha value is -2.76. The van der Waals surface area contributed by atoms with E-state index in [1.807, 2.05) is 37.6 Å². The lowest BCUT2D eigenvalue weighted by atomic mass is 9.97. The maximum absolute atomic E-state index is 4.66. The minimum Gasteiger partial charge on any atom is -0.356 e. The van der Waals surface area contributed by atoms with Crippen molar-refractivity contribution in [2.45, 2.75) is 32.2 Å². The van der Waals surface area contributed by atoms with Gasteiger partial charge >= 0.3 is 0 Å². The number of aryl methyl sites for hydroxylation is 1. The Morgan fingerprint density at radius 1 is 1.16 bits per heavy atom. The summed E-state index contributed by atoms with van der Waals surface area (Å²) in [6, 6.07) is 6.08. The summed E-state index contributed by atoms with van der Waals surface area (Å²) in [6.45, 7) is 4.73. The smallest absolute Gasteiger partial charge is 0.132 e. The molecule has 0 bridgehead atoms. The third kappa shape index (κ3) is 3.52. The molecule has 0 saturated carbocycles. The van der Waals surface area contributed by atoms with E-state index in [1.165, 1.54) is 5.56 Å². The normalized spacial score (nSPS) is 17.6. The van der Waals surface area contributed by atoms with Crippen LogP contribution in [0.3, 0.4) is 0 Å². The molecule has 0 aliphatic carbocycles. The fourth-order valence-corrected chi connectivity index (χ4v) is 3.52. The van der Waals surface area contributed by atoms with Gasteiger partial charge in [-0.05, 0) is 37.5 Å². The van der Waals surface area contributed by atoms with Gasteiger partial charge in [-0.3, -0.25) is 4.98 Å². The molecule has 0 amide bonds. The van der Waals surface area contributed by atoms with Gasteiger partial charge in [-0.2, -0.15) is 0 Å². The van der Waals surface area contributed by atoms with Gasteiger partial charge in [-0.1, -0.05) is 6.07 Å². The first-order valence-electron chi connectivity index (χ1n) is 8.74. The van der Waals surface area contributed by atoms with Gasteiger partial charge in [0.15, 0.2) is 0 Å². The van der Waals surface area contributed by atoms with Gasteiger partial charge in [0, 0.05) is 50.0 Å². The maximum atomic E-state index is 4.66. The predicted molar refractivity (Wildman–Crippen MR) is 96.5 cm³/mol. The molecular formula is C19H22N6. The summed E-state index contributed by atoms with van der Waals surface area (Å²) in [4.78, 5) is 20.0. The zero-order chi connectivity index (χ0) is 17.1. The van der Waals surface area contributed by atoms with E-state index in [1.54, 1.807) is 6.20 Å². The molecule has 1 aliphatic rings. The Bertz CT molecular complexity index is 829. The van der Waals surface area contributed by atoms with Gasteiger partial charge in [0.2, 0.25) is 0 Å². The van der Waals surface area contributed by atoms with E-state index < -0.39 is 0 Å². The number of aromatic nitrogens is 5. The van der Waals surface area contributed by atoms with Crippen LogP contribution in [0.25, 0.3) is 0 Å². The highest BCUT2D eigenvalue weighted by atomic mass is 15.2. The summed E-state index contributed by atoms with van der Waals surface area (Å²) in [7, 11) is 0. The largest absolute Gasteiger partial charge is 0.356 e. The Labute approximate surface area is 147 Å². The molecule has 0 N–H and O–H groups in total. The summed E-state index contributed by atoms with van der Waals surface area (Å²) in [5, 5.41) is 0. The number of rotatable bonds is 4. The quantitative estimate of drug-likeness (QED) is 0.734. The van der Waals surface area contributed by atoms with Crippen molar-refractivity contribution in [3.8, 4) is 0 Å². The van der Waals surface area contributed by atoms with Crippen LogP contribution >= 0.6 is 0 Å². The molecule has 6 nitrogen and oxygen atoms in total. The lowest BCUT2D eigenvalue weighted by Gasteiger charge is -2.33. The lowest BCUT2D eigenvalue weighted by Crippen LogP contribution is -2.36. The molecule has 1 aliphatic heterocycles. The topological polar surface area (TPSA) is 59.7 Å². The minimum atomic E-state index is 0.413. The van der Waals surface area contributed by atoms with Gasteiger partial charge in [0.05, 0.1) is 6.54 Å². The molecular weight excluding hydrogens is 312 g/mol. The molecule has 0 spiro atoms. The molecule has 1 unspecified atom stereocenters. The molecule has 128 valence electrons. The third-order valence-electron chi connectivity index (χ3n) is 4.70. The fourth-order valence-electron chi connectivity index (χ4n) is 3.52. The SMILES string of the molecule is Cc1nccc(N2CCCC(c3nccn3Cc3cccnc3)C2)n1. The molecule has 0 radical (unpaired) electrons. The standard InChI is InChI=1S/C19H22N6/c1-15-21-8-6-18(23-15)24-10-3-5-17(14-24)19-22-9-11-25(19)13-16-4-2-7-20-12-16/h2,4,6-9,11-12,17H,3,5,10,13-14H2,1H3. The van der Waals surface area contributed by atoms with E-state index in [2.05, 4.69) is 41.7 Å². The van der Waals surface area contributed by atoms with Crippen molar-refractivity contribution in [3.63, 3.8) is 0 Å². The van der Waals surface area contributed by atoms with Crippen LogP contribution < -0.4 is 4.90 Å². The molecule has 3 aromatic rings. The molecule has 4 rings (SSSR count). The number of anilines is 1. The summed E-state index contributed by atoms with van der Waals surface area (Å²) in [5.74, 6) is 3.40. The number of pyridine rings is 1. The highest BCUT2D eigenvalue weighted by molar-refractivity contribution is 5.38. The van der Waals surface area contributed by atoms with Crippen molar-refractivity contribution < 1.29 is 0 Å². The first kappa shape index (κ1) is 15.7. The Morgan fingerprint density at radius 3 is 2.96 bits per heavy atom. The molecule has 0 aromatic carbocycles. The summed E-state index contributed by atoms with van der Waals surface area (Å²) < 4.78 is 2.25. The molecule has 25 heavy (non-hydrogen) atoms. The summed E-state index contributed by atoms with van der Waals surface area (Å²) >= 11 is 0. The number of piperidine rings is 1. The average molecular weight is 334 g/mol. The highest BCUT2D eigenvalue weighted by Crippen LogP contribution is 2.28. The van der Waals surface area contributed by atoms with Gasteiger partial charge in [0.25, 0.3) is 0 Å². The van der Waals surface area contributed by atoms with Gasteiger partial charge in [-0.25, -0.2) is 15.0 Å². The van der Waals surface area contributed by atoms with Crippen molar-refractivity contribution in [2.75, 3.05) is 18.0 Å². The van der Waals surface area contributed by atoms with Crippen molar-refractivity contribution in [3.05, 3.63) is 66.4 Å². The van der Waals surface area contributed by atoms with Crippen LogP contribution in [0, 0.1) is 6.92 Å². The Balaban J connectivity index is 1.53. The fraction of sp³-hybridized carbons (Fsp3) is 0.368. The van der Waals surface area contributed by atoms with E-state index in [0.717, 1.165) is 49.9 Å². The number of imidazole rings is 1. The number of hydrogen-bond donors (Lipinski definition) is 0. The molecule has 3 aromatic heterocycles. The van der Waals surface area contributed by atoms with Crippen LogP contribution in [0.2, 0.25) is 0 Å². The second-order valence-electron chi connectivity index (χ2n) is 6.52. The van der Waals surface area contributed by atoms with Crippen molar-refractivity contribution in [1.29, 1.82) is 0 Å². The van der Waals surface area contributed by atoms with E-state index >= 15 is 0 Å². The Morgan fingerprint density at radius 2 is 2.12 bits per heavy atom. The van der Waals surface area contributed by atoms with Crippen LogP contribution in [-0.4, -0.2) is 37.6 Å². The van der Waals surface area contributed by atoms with Crippen LogP contribution in [0.15, 0.2) is 49.2 Å². The lowest BCUT2D eigenvalue weighted by molar-refractivity contribution is 0.473. The summed E-state index contributed by atoms with van der Waals surface area (Å²) in [5.41, 5.74) is 1.20. The highest BCUT2D eigenvalue weighted by Gasteiger charge is 2.25.